The molecule has 0 spiro atoms. The first-order chi connectivity index (χ1) is 8.73. The van der Waals surface area contributed by atoms with E-state index >= 15 is 0 Å². The number of hydrogen-bond donors (Lipinski definition) is 0. The molecular weight excluding hydrogens is 330 g/mol. The molecule has 0 aromatic heterocycles. The number of aryl methyl sites for hydroxylation is 1. The number of alkyl halides is 4. The molecule has 7 heteroatoms. The van der Waals surface area contributed by atoms with Gasteiger partial charge in [-0.15, -0.1) is 0 Å². The van der Waals surface area contributed by atoms with E-state index in [1.54, 1.807) is 6.92 Å². The van der Waals surface area contributed by atoms with Crippen LogP contribution >= 0.6 is 15.9 Å². The molecule has 0 aliphatic rings. The van der Waals surface area contributed by atoms with Crippen molar-refractivity contribution in [3.05, 3.63) is 35.1 Å². The molecule has 0 atom stereocenters. The number of nitrogens with zero attached hydrogens (tertiary/aromatic N) is 1. The average molecular weight is 342 g/mol. The molecule has 0 heterocycles. The molecular formula is C12H12BrF4NO. The molecule has 1 aromatic carbocycles. The summed E-state index contributed by atoms with van der Waals surface area (Å²) in [6.45, 7) is 0.110. The zero-order chi connectivity index (χ0) is 14.6. The van der Waals surface area contributed by atoms with Gasteiger partial charge in [0.25, 0.3) is 5.91 Å². The van der Waals surface area contributed by atoms with Crippen molar-refractivity contribution in [2.75, 3.05) is 18.4 Å². The molecule has 0 saturated carbocycles. The smallest absolute Gasteiger partial charge is 0.329 e. The van der Waals surface area contributed by atoms with Gasteiger partial charge in [0.15, 0.2) is 0 Å². The van der Waals surface area contributed by atoms with Crippen molar-refractivity contribution in [1.29, 1.82) is 0 Å². The predicted molar refractivity (Wildman–Crippen MR) is 66.9 cm³/mol. The maximum absolute atomic E-state index is 13.2. The summed E-state index contributed by atoms with van der Waals surface area (Å²) in [5.74, 6) is -1.48. The number of rotatable bonds is 4. The highest BCUT2D eigenvalue weighted by atomic mass is 79.9. The molecule has 0 aliphatic heterocycles. The average Bonchev–Trinajstić information content (AvgIpc) is 2.24. The molecule has 2 nitrogen and oxygen atoms in total. The van der Waals surface area contributed by atoms with Gasteiger partial charge in [-0.25, -0.2) is 4.39 Å². The van der Waals surface area contributed by atoms with E-state index in [4.69, 9.17) is 0 Å². The summed E-state index contributed by atoms with van der Waals surface area (Å²) in [5, 5.41) is 0.211. The Kier molecular flexibility index (Phi) is 5.34. The quantitative estimate of drug-likeness (QED) is 0.606. The maximum Gasteiger partial charge on any atom is 0.406 e. The lowest BCUT2D eigenvalue weighted by atomic mass is 10.1. The number of carbonyl (C=O) groups excluding carboxylic acids is 1. The Balaban J connectivity index is 2.98. The fourth-order valence-corrected chi connectivity index (χ4v) is 2.04. The zero-order valence-electron chi connectivity index (χ0n) is 10.1. The number of benzene rings is 1. The Morgan fingerprint density at radius 3 is 2.42 bits per heavy atom. The summed E-state index contributed by atoms with van der Waals surface area (Å²) in [4.78, 5) is 12.6. The van der Waals surface area contributed by atoms with Gasteiger partial charge < -0.3 is 4.90 Å². The fourth-order valence-electron chi connectivity index (χ4n) is 1.61. The van der Waals surface area contributed by atoms with Crippen molar-refractivity contribution >= 4 is 21.8 Å². The van der Waals surface area contributed by atoms with Gasteiger partial charge in [-0.2, -0.15) is 13.2 Å². The second-order valence-electron chi connectivity index (χ2n) is 4.05. The van der Waals surface area contributed by atoms with Gasteiger partial charge in [0.1, 0.15) is 12.4 Å². The highest BCUT2D eigenvalue weighted by Crippen LogP contribution is 2.19. The standard InChI is InChI=1S/C12H12BrF4NO/c1-8-4-9(6-10(14)5-8)11(19)18(3-2-13)7-12(15,16)17/h4-6H,2-3,7H2,1H3. The summed E-state index contributed by atoms with van der Waals surface area (Å²) >= 11 is 2.99. The topological polar surface area (TPSA) is 20.3 Å². The summed E-state index contributed by atoms with van der Waals surface area (Å²) in [7, 11) is 0. The van der Waals surface area contributed by atoms with Crippen LogP contribution in [-0.4, -0.2) is 35.4 Å². The van der Waals surface area contributed by atoms with Crippen molar-refractivity contribution in [2.45, 2.75) is 13.1 Å². The van der Waals surface area contributed by atoms with E-state index in [0.29, 0.717) is 10.5 Å². The highest BCUT2D eigenvalue weighted by molar-refractivity contribution is 9.09. The van der Waals surface area contributed by atoms with E-state index in [-0.39, 0.29) is 17.4 Å². The third-order valence-electron chi connectivity index (χ3n) is 2.30. The molecule has 0 radical (unpaired) electrons. The maximum atomic E-state index is 13.2. The van der Waals surface area contributed by atoms with E-state index in [9.17, 15) is 22.4 Å². The van der Waals surface area contributed by atoms with Crippen molar-refractivity contribution in [2.24, 2.45) is 0 Å². The van der Waals surface area contributed by atoms with Crippen LogP contribution in [0.3, 0.4) is 0 Å². The monoisotopic (exact) mass is 341 g/mol. The normalized spacial score (nSPS) is 11.5. The first kappa shape index (κ1) is 15.9. The number of hydrogen-bond acceptors (Lipinski definition) is 1. The van der Waals surface area contributed by atoms with Crippen molar-refractivity contribution in [1.82, 2.24) is 4.90 Å². The van der Waals surface area contributed by atoms with Gasteiger partial charge in [0.2, 0.25) is 0 Å². The van der Waals surface area contributed by atoms with Crippen LogP contribution in [0, 0.1) is 12.7 Å². The first-order valence-electron chi connectivity index (χ1n) is 5.42. The summed E-state index contributed by atoms with van der Waals surface area (Å²) in [6, 6.07) is 3.51. The zero-order valence-corrected chi connectivity index (χ0v) is 11.7. The second-order valence-corrected chi connectivity index (χ2v) is 4.84. The Bertz CT molecular complexity index is 441. The van der Waals surface area contributed by atoms with Crippen molar-refractivity contribution in [3.63, 3.8) is 0 Å². The van der Waals surface area contributed by atoms with Crippen LogP contribution in [0.2, 0.25) is 0 Å². The second kappa shape index (κ2) is 6.36. The van der Waals surface area contributed by atoms with Gasteiger partial charge >= 0.3 is 6.18 Å². The Morgan fingerprint density at radius 2 is 1.95 bits per heavy atom. The SMILES string of the molecule is Cc1cc(F)cc(C(=O)N(CCBr)CC(F)(F)F)c1. The van der Waals surface area contributed by atoms with Crippen molar-refractivity contribution < 1.29 is 22.4 Å². The van der Waals surface area contributed by atoms with E-state index in [1.807, 2.05) is 0 Å². The highest BCUT2D eigenvalue weighted by Gasteiger charge is 2.33. The lowest BCUT2D eigenvalue weighted by Crippen LogP contribution is -2.40. The van der Waals surface area contributed by atoms with Crippen LogP contribution in [0.1, 0.15) is 15.9 Å². The Morgan fingerprint density at radius 1 is 1.32 bits per heavy atom. The molecule has 0 saturated heterocycles. The summed E-state index contributed by atoms with van der Waals surface area (Å²) in [6.07, 6.45) is -4.49. The number of halogens is 5. The van der Waals surface area contributed by atoms with Gasteiger partial charge in [0.05, 0.1) is 0 Å². The summed E-state index contributed by atoms with van der Waals surface area (Å²) < 4.78 is 50.3. The summed E-state index contributed by atoms with van der Waals surface area (Å²) in [5.41, 5.74) is 0.400. The van der Waals surface area contributed by atoms with E-state index in [1.165, 1.54) is 12.1 Å². The Labute approximate surface area is 116 Å². The molecule has 1 amide bonds. The molecule has 0 unspecified atom stereocenters. The van der Waals surface area contributed by atoms with Crippen LogP contribution in [-0.2, 0) is 0 Å². The fraction of sp³-hybridized carbons (Fsp3) is 0.417. The number of amides is 1. The van der Waals surface area contributed by atoms with Crippen LogP contribution < -0.4 is 0 Å². The lowest BCUT2D eigenvalue weighted by Gasteiger charge is -2.23. The van der Waals surface area contributed by atoms with E-state index < -0.39 is 24.4 Å². The third-order valence-corrected chi connectivity index (χ3v) is 2.66. The van der Waals surface area contributed by atoms with Gasteiger partial charge in [0, 0.05) is 17.4 Å². The third kappa shape index (κ3) is 5.18. The van der Waals surface area contributed by atoms with Crippen LogP contribution in [0.25, 0.3) is 0 Å². The molecule has 1 rings (SSSR count). The largest absolute Gasteiger partial charge is 0.406 e. The van der Waals surface area contributed by atoms with Crippen LogP contribution in [0.4, 0.5) is 17.6 Å². The molecule has 0 N–H and O–H groups in total. The molecule has 0 aliphatic carbocycles. The van der Waals surface area contributed by atoms with Gasteiger partial charge in [-0.05, 0) is 30.7 Å². The minimum atomic E-state index is -4.49. The minimum Gasteiger partial charge on any atom is -0.329 e. The van der Waals surface area contributed by atoms with Gasteiger partial charge in [-0.3, -0.25) is 4.79 Å². The molecule has 1 aromatic rings. The molecule has 19 heavy (non-hydrogen) atoms. The van der Waals surface area contributed by atoms with Crippen molar-refractivity contribution in [3.8, 4) is 0 Å². The van der Waals surface area contributed by atoms with E-state index in [2.05, 4.69) is 15.9 Å². The van der Waals surface area contributed by atoms with Crippen LogP contribution in [0.5, 0.6) is 0 Å². The Hall–Kier alpha value is -1.11. The first-order valence-corrected chi connectivity index (χ1v) is 6.54. The minimum absolute atomic E-state index is 0.0808. The molecule has 0 bridgehead atoms. The van der Waals surface area contributed by atoms with Crippen LogP contribution in [0.15, 0.2) is 18.2 Å². The number of carbonyl (C=O) groups is 1. The lowest BCUT2D eigenvalue weighted by molar-refractivity contribution is -0.140. The molecule has 106 valence electrons. The van der Waals surface area contributed by atoms with Gasteiger partial charge in [-0.1, -0.05) is 15.9 Å². The molecule has 0 fully saturated rings. The predicted octanol–water partition coefficient (Wildman–Crippen LogP) is 3.53. The van der Waals surface area contributed by atoms with E-state index in [0.717, 1.165) is 6.07 Å².